The highest BCUT2D eigenvalue weighted by Gasteiger charge is 2.22. The Morgan fingerprint density at radius 3 is 2.78 bits per heavy atom. The van der Waals surface area contributed by atoms with Crippen LogP contribution in [0.2, 0.25) is 0 Å². The molecule has 1 N–H and O–H groups in total. The molecule has 1 aromatic rings. The molecule has 1 atom stereocenters. The molecule has 0 amide bonds. The third kappa shape index (κ3) is 3.48. The predicted octanol–water partition coefficient (Wildman–Crippen LogP) is 4.46. The molecule has 1 saturated carbocycles. The van der Waals surface area contributed by atoms with Gasteiger partial charge in [-0.1, -0.05) is 41.6 Å². The Balaban J connectivity index is 2.11. The summed E-state index contributed by atoms with van der Waals surface area (Å²) in [5, 5.41) is 10.4. The number of aliphatic hydroxyl groups excluding tert-OH is 1. The average molecular weight is 313 g/mol. The number of hydrogen-bond acceptors (Lipinski definition) is 2. The van der Waals surface area contributed by atoms with Gasteiger partial charge in [0.2, 0.25) is 0 Å². The van der Waals surface area contributed by atoms with Gasteiger partial charge in [0.15, 0.2) is 0 Å². The highest BCUT2D eigenvalue weighted by Crippen LogP contribution is 2.36. The largest absolute Gasteiger partial charge is 0.493 e. The molecule has 0 radical (unpaired) electrons. The van der Waals surface area contributed by atoms with Crippen LogP contribution < -0.4 is 4.74 Å². The first-order valence-corrected chi connectivity index (χ1v) is 7.60. The number of ether oxygens (including phenoxy) is 1. The maximum absolute atomic E-state index is 10.4. The van der Waals surface area contributed by atoms with Crippen LogP contribution in [-0.4, -0.2) is 11.7 Å². The van der Waals surface area contributed by atoms with Gasteiger partial charge in [-0.15, -0.1) is 0 Å². The second-order valence-corrected chi connectivity index (χ2v) is 5.93. The van der Waals surface area contributed by atoms with Gasteiger partial charge in [-0.3, -0.25) is 0 Å². The number of hydrogen-bond donors (Lipinski definition) is 1. The van der Waals surface area contributed by atoms with Crippen molar-refractivity contribution < 1.29 is 9.84 Å². The Hall–Kier alpha value is -0.540. The second-order valence-electron chi connectivity index (χ2n) is 5.02. The van der Waals surface area contributed by atoms with E-state index in [4.69, 9.17) is 4.74 Å². The second kappa shape index (κ2) is 6.58. The fourth-order valence-corrected chi connectivity index (χ4v) is 3.13. The van der Waals surface area contributed by atoms with Crippen LogP contribution in [0, 0.1) is 5.92 Å². The van der Waals surface area contributed by atoms with Crippen LogP contribution >= 0.6 is 15.9 Å². The summed E-state index contributed by atoms with van der Waals surface area (Å²) in [4.78, 5) is 0. The summed E-state index contributed by atoms with van der Waals surface area (Å²) in [5.74, 6) is 1.49. The van der Waals surface area contributed by atoms with Gasteiger partial charge in [0, 0.05) is 10.0 Å². The van der Waals surface area contributed by atoms with Gasteiger partial charge in [-0.2, -0.15) is 0 Å². The molecule has 0 saturated heterocycles. The molecule has 18 heavy (non-hydrogen) atoms. The van der Waals surface area contributed by atoms with Crippen molar-refractivity contribution in [2.45, 2.75) is 45.1 Å². The molecule has 1 fully saturated rings. The molecule has 1 unspecified atom stereocenters. The van der Waals surface area contributed by atoms with Gasteiger partial charge < -0.3 is 9.84 Å². The van der Waals surface area contributed by atoms with Crippen molar-refractivity contribution in [3.8, 4) is 5.75 Å². The fourth-order valence-electron chi connectivity index (χ4n) is 2.76. The Kier molecular flexibility index (Phi) is 5.07. The Morgan fingerprint density at radius 2 is 2.11 bits per heavy atom. The average Bonchev–Trinajstić information content (AvgIpc) is 2.84. The van der Waals surface area contributed by atoms with E-state index in [-0.39, 0.29) is 0 Å². The van der Waals surface area contributed by atoms with Gasteiger partial charge in [0.25, 0.3) is 0 Å². The summed E-state index contributed by atoms with van der Waals surface area (Å²) in [6.07, 6.45) is 5.59. The van der Waals surface area contributed by atoms with Crippen molar-refractivity contribution >= 4 is 15.9 Å². The van der Waals surface area contributed by atoms with Crippen molar-refractivity contribution in [3.05, 3.63) is 28.2 Å². The summed E-state index contributed by atoms with van der Waals surface area (Å²) < 4.78 is 6.59. The first kappa shape index (κ1) is 13.9. The smallest absolute Gasteiger partial charge is 0.125 e. The van der Waals surface area contributed by atoms with Crippen LogP contribution in [0.3, 0.4) is 0 Å². The van der Waals surface area contributed by atoms with E-state index in [1.54, 1.807) is 0 Å². The van der Waals surface area contributed by atoms with Gasteiger partial charge in [-0.05, 0) is 37.5 Å². The lowest BCUT2D eigenvalue weighted by molar-refractivity contribution is 0.140. The molecule has 100 valence electrons. The molecule has 1 aromatic carbocycles. The number of rotatable bonds is 5. The Morgan fingerprint density at radius 1 is 1.39 bits per heavy atom. The molecule has 0 aliphatic heterocycles. The van der Waals surface area contributed by atoms with Crippen LogP contribution in [-0.2, 0) is 0 Å². The zero-order valence-electron chi connectivity index (χ0n) is 10.9. The summed E-state index contributed by atoms with van der Waals surface area (Å²) in [6.45, 7) is 2.60. The number of benzene rings is 1. The third-order valence-electron chi connectivity index (χ3n) is 3.66. The van der Waals surface area contributed by atoms with Gasteiger partial charge in [0.05, 0.1) is 12.7 Å². The predicted molar refractivity (Wildman–Crippen MR) is 76.8 cm³/mol. The van der Waals surface area contributed by atoms with Gasteiger partial charge >= 0.3 is 0 Å². The van der Waals surface area contributed by atoms with Crippen LogP contribution in [0.4, 0.5) is 0 Å². The molecule has 3 heteroatoms. The standard InChI is InChI=1S/C15H21BrO2/c1-2-18-15-8-7-12(16)10-13(15)14(17)9-11-5-3-4-6-11/h7-8,10-11,14,17H,2-6,9H2,1H3. The first-order chi connectivity index (χ1) is 8.70. The molecule has 0 spiro atoms. The quantitative estimate of drug-likeness (QED) is 0.869. The monoisotopic (exact) mass is 312 g/mol. The van der Waals surface area contributed by atoms with Crippen LogP contribution in [0.5, 0.6) is 5.75 Å². The molecule has 0 aromatic heterocycles. The molecule has 0 heterocycles. The van der Waals surface area contributed by atoms with Gasteiger partial charge in [0.1, 0.15) is 5.75 Å². The zero-order valence-corrected chi connectivity index (χ0v) is 12.4. The van der Waals surface area contributed by atoms with Gasteiger partial charge in [-0.25, -0.2) is 0 Å². The summed E-state index contributed by atoms with van der Waals surface area (Å²) in [6, 6.07) is 5.86. The molecule has 1 aliphatic carbocycles. The fraction of sp³-hybridized carbons (Fsp3) is 0.600. The van der Waals surface area contributed by atoms with Crippen molar-refractivity contribution in [1.82, 2.24) is 0 Å². The lowest BCUT2D eigenvalue weighted by atomic mass is 9.95. The summed E-state index contributed by atoms with van der Waals surface area (Å²) >= 11 is 3.46. The molecule has 0 bridgehead atoms. The van der Waals surface area contributed by atoms with Crippen LogP contribution in [0.25, 0.3) is 0 Å². The van der Waals surface area contributed by atoms with Crippen molar-refractivity contribution in [2.75, 3.05) is 6.61 Å². The molecule has 2 rings (SSSR count). The van der Waals surface area contributed by atoms with E-state index in [0.29, 0.717) is 12.5 Å². The van der Waals surface area contributed by atoms with Crippen molar-refractivity contribution in [1.29, 1.82) is 0 Å². The van der Waals surface area contributed by atoms with Crippen molar-refractivity contribution in [3.63, 3.8) is 0 Å². The molecule has 2 nitrogen and oxygen atoms in total. The van der Waals surface area contributed by atoms with E-state index < -0.39 is 6.10 Å². The van der Waals surface area contributed by atoms with E-state index in [2.05, 4.69) is 15.9 Å². The Bertz CT molecular complexity index is 386. The molecular formula is C15H21BrO2. The normalized spacial score (nSPS) is 17.9. The maximum Gasteiger partial charge on any atom is 0.125 e. The highest BCUT2D eigenvalue weighted by atomic mass is 79.9. The molecule has 1 aliphatic rings. The number of halogens is 1. The third-order valence-corrected chi connectivity index (χ3v) is 4.16. The number of aliphatic hydroxyl groups is 1. The lowest BCUT2D eigenvalue weighted by Crippen LogP contribution is -2.07. The lowest BCUT2D eigenvalue weighted by Gasteiger charge is -2.19. The first-order valence-electron chi connectivity index (χ1n) is 6.81. The van der Waals surface area contributed by atoms with Crippen LogP contribution in [0.1, 0.15) is 50.7 Å². The van der Waals surface area contributed by atoms with E-state index in [1.807, 2.05) is 25.1 Å². The summed E-state index contributed by atoms with van der Waals surface area (Å²) in [7, 11) is 0. The SMILES string of the molecule is CCOc1ccc(Br)cc1C(O)CC1CCCC1. The summed E-state index contributed by atoms with van der Waals surface area (Å²) in [5.41, 5.74) is 0.915. The highest BCUT2D eigenvalue weighted by molar-refractivity contribution is 9.10. The van der Waals surface area contributed by atoms with Crippen molar-refractivity contribution in [2.24, 2.45) is 5.92 Å². The zero-order chi connectivity index (χ0) is 13.0. The van der Waals surface area contributed by atoms with E-state index in [1.165, 1.54) is 25.7 Å². The van der Waals surface area contributed by atoms with E-state index in [9.17, 15) is 5.11 Å². The molecular weight excluding hydrogens is 292 g/mol. The minimum Gasteiger partial charge on any atom is -0.493 e. The maximum atomic E-state index is 10.4. The Labute approximate surface area is 117 Å². The van der Waals surface area contributed by atoms with Crippen LogP contribution in [0.15, 0.2) is 22.7 Å². The topological polar surface area (TPSA) is 29.5 Å². The minimum absolute atomic E-state index is 0.410. The van der Waals surface area contributed by atoms with E-state index in [0.717, 1.165) is 22.2 Å². The minimum atomic E-state index is -0.410. The van der Waals surface area contributed by atoms with E-state index >= 15 is 0 Å².